The first kappa shape index (κ1) is 20.6. The summed E-state index contributed by atoms with van der Waals surface area (Å²) < 4.78 is 1.82. The molecule has 0 radical (unpaired) electrons. The van der Waals surface area contributed by atoms with Crippen LogP contribution in [-0.4, -0.2) is 27.6 Å². The Balaban J connectivity index is 1.53. The van der Waals surface area contributed by atoms with Crippen molar-refractivity contribution in [2.75, 3.05) is 18.0 Å². The first-order valence-corrected chi connectivity index (χ1v) is 11.9. The zero-order chi connectivity index (χ0) is 23.1. The predicted octanol–water partition coefficient (Wildman–Crippen LogP) is 5.90. The molecule has 168 valence electrons. The molecule has 0 saturated carbocycles. The second kappa shape index (κ2) is 8.41. The third-order valence-electron chi connectivity index (χ3n) is 6.79. The summed E-state index contributed by atoms with van der Waals surface area (Å²) >= 11 is 0. The number of hydrogen-bond donors (Lipinski definition) is 0. The number of aromatic nitrogens is 3. The summed E-state index contributed by atoms with van der Waals surface area (Å²) in [7, 11) is 0. The van der Waals surface area contributed by atoms with Gasteiger partial charge in [0.1, 0.15) is 0 Å². The minimum atomic E-state index is -0.0480. The van der Waals surface area contributed by atoms with E-state index in [-0.39, 0.29) is 5.56 Å². The third kappa shape index (κ3) is 3.63. The quantitative estimate of drug-likeness (QED) is 0.324. The van der Waals surface area contributed by atoms with Gasteiger partial charge in [-0.2, -0.15) is 0 Å². The number of hydrogen-bond acceptors (Lipinski definition) is 4. The highest BCUT2D eigenvalue weighted by molar-refractivity contribution is 6.05. The maximum absolute atomic E-state index is 13.2. The van der Waals surface area contributed by atoms with Crippen LogP contribution in [0.4, 0.5) is 5.69 Å². The smallest absolute Gasteiger partial charge is 0.255 e. The summed E-state index contributed by atoms with van der Waals surface area (Å²) in [5.74, 6) is 0. The largest absolute Gasteiger partial charge is 0.372 e. The van der Waals surface area contributed by atoms with Gasteiger partial charge >= 0.3 is 0 Å². The van der Waals surface area contributed by atoms with Gasteiger partial charge in [-0.3, -0.25) is 19.3 Å². The Morgan fingerprint density at radius 3 is 2.26 bits per heavy atom. The van der Waals surface area contributed by atoms with Crippen LogP contribution in [0.1, 0.15) is 25.0 Å². The zero-order valence-corrected chi connectivity index (χ0v) is 19.2. The first-order chi connectivity index (χ1) is 16.7. The predicted molar refractivity (Wildman–Crippen MR) is 139 cm³/mol. The van der Waals surface area contributed by atoms with E-state index in [1.54, 1.807) is 6.07 Å². The number of aryl methyl sites for hydroxylation is 1. The van der Waals surface area contributed by atoms with E-state index in [0.717, 1.165) is 57.4 Å². The molecule has 0 N–H and O–H groups in total. The summed E-state index contributed by atoms with van der Waals surface area (Å²) in [5.41, 5.74) is 6.86. The lowest BCUT2D eigenvalue weighted by Crippen LogP contribution is -2.29. The van der Waals surface area contributed by atoms with Crippen LogP contribution in [0.3, 0.4) is 0 Å². The standard InChI is InChI=1S/C29H26N4O/c1-20-5-6-22(18-30-20)21-7-13-27-26(17-21)29-23(19-31-27)8-14-28(34)33(29)25-11-9-24(10-12-25)32-15-3-2-4-16-32/h5-14,17-19H,2-4,15-16H2,1H3. The van der Waals surface area contributed by atoms with E-state index >= 15 is 0 Å². The molecule has 5 nitrogen and oxygen atoms in total. The van der Waals surface area contributed by atoms with Crippen molar-refractivity contribution < 1.29 is 0 Å². The molecule has 4 heterocycles. The maximum Gasteiger partial charge on any atom is 0.255 e. The van der Waals surface area contributed by atoms with Crippen molar-refractivity contribution >= 4 is 27.5 Å². The zero-order valence-electron chi connectivity index (χ0n) is 19.2. The van der Waals surface area contributed by atoms with Gasteiger partial charge < -0.3 is 4.90 Å². The molecular formula is C29H26N4O. The molecule has 0 bridgehead atoms. The van der Waals surface area contributed by atoms with Gasteiger partial charge in [-0.05, 0) is 80.3 Å². The van der Waals surface area contributed by atoms with Crippen LogP contribution in [0.5, 0.6) is 0 Å². The van der Waals surface area contributed by atoms with E-state index < -0.39 is 0 Å². The molecule has 6 rings (SSSR count). The topological polar surface area (TPSA) is 51.0 Å². The molecule has 0 atom stereocenters. The maximum atomic E-state index is 13.2. The van der Waals surface area contributed by atoms with Gasteiger partial charge in [0, 0.05) is 65.0 Å². The van der Waals surface area contributed by atoms with Crippen LogP contribution in [0.25, 0.3) is 38.6 Å². The average molecular weight is 447 g/mol. The second-order valence-electron chi connectivity index (χ2n) is 9.05. The molecule has 1 aliphatic heterocycles. The van der Waals surface area contributed by atoms with Crippen LogP contribution < -0.4 is 10.5 Å². The van der Waals surface area contributed by atoms with E-state index in [9.17, 15) is 4.79 Å². The molecule has 1 saturated heterocycles. The van der Waals surface area contributed by atoms with Crippen LogP contribution in [0, 0.1) is 6.92 Å². The van der Waals surface area contributed by atoms with E-state index in [1.165, 1.54) is 24.9 Å². The molecule has 0 amide bonds. The summed E-state index contributed by atoms with van der Waals surface area (Å²) in [6.45, 7) is 4.18. The highest BCUT2D eigenvalue weighted by Crippen LogP contribution is 2.30. The number of anilines is 1. The number of nitrogens with zero attached hydrogens (tertiary/aromatic N) is 4. The minimum absolute atomic E-state index is 0.0480. The molecule has 3 aromatic heterocycles. The van der Waals surface area contributed by atoms with Gasteiger partial charge in [-0.1, -0.05) is 12.1 Å². The fourth-order valence-corrected chi connectivity index (χ4v) is 4.95. The van der Waals surface area contributed by atoms with Crippen LogP contribution in [0.15, 0.2) is 83.9 Å². The summed E-state index contributed by atoms with van der Waals surface area (Å²) in [5, 5.41) is 1.89. The fourth-order valence-electron chi connectivity index (χ4n) is 4.95. The number of fused-ring (bicyclic) bond motifs is 3. The van der Waals surface area contributed by atoms with Crippen molar-refractivity contribution in [2.45, 2.75) is 26.2 Å². The van der Waals surface area contributed by atoms with Gasteiger partial charge in [-0.15, -0.1) is 0 Å². The van der Waals surface area contributed by atoms with Gasteiger partial charge in [0.05, 0.1) is 11.0 Å². The lowest BCUT2D eigenvalue weighted by Gasteiger charge is -2.29. The third-order valence-corrected chi connectivity index (χ3v) is 6.79. The Morgan fingerprint density at radius 1 is 0.735 bits per heavy atom. The lowest BCUT2D eigenvalue weighted by atomic mass is 10.0. The molecule has 1 aliphatic rings. The van der Waals surface area contributed by atoms with Crippen molar-refractivity contribution in [1.29, 1.82) is 0 Å². The molecule has 5 heteroatoms. The number of benzene rings is 2. The molecule has 0 aliphatic carbocycles. The second-order valence-corrected chi connectivity index (χ2v) is 9.05. The molecule has 34 heavy (non-hydrogen) atoms. The van der Waals surface area contributed by atoms with Gasteiger partial charge in [-0.25, -0.2) is 0 Å². The molecule has 5 aromatic rings. The summed E-state index contributed by atoms with van der Waals surface area (Å²) in [6, 6.07) is 22.2. The Morgan fingerprint density at radius 2 is 1.50 bits per heavy atom. The molecule has 1 fully saturated rings. The molecule has 2 aromatic carbocycles. The van der Waals surface area contributed by atoms with Crippen molar-refractivity contribution in [3.8, 4) is 16.8 Å². The van der Waals surface area contributed by atoms with Crippen molar-refractivity contribution in [2.24, 2.45) is 0 Å². The van der Waals surface area contributed by atoms with Gasteiger partial charge in [0.2, 0.25) is 0 Å². The van der Waals surface area contributed by atoms with Crippen molar-refractivity contribution in [3.05, 3.63) is 95.2 Å². The van der Waals surface area contributed by atoms with Crippen LogP contribution >= 0.6 is 0 Å². The molecule has 0 unspecified atom stereocenters. The molecular weight excluding hydrogens is 420 g/mol. The lowest BCUT2D eigenvalue weighted by molar-refractivity contribution is 0.578. The summed E-state index contributed by atoms with van der Waals surface area (Å²) in [4.78, 5) is 24.7. The van der Waals surface area contributed by atoms with Gasteiger partial charge in [0.25, 0.3) is 5.56 Å². The Labute approximate surface area is 198 Å². The highest BCUT2D eigenvalue weighted by Gasteiger charge is 2.14. The normalized spacial score (nSPS) is 14.1. The average Bonchev–Trinajstić information content (AvgIpc) is 2.89. The summed E-state index contributed by atoms with van der Waals surface area (Å²) in [6.07, 6.45) is 7.52. The van der Waals surface area contributed by atoms with Crippen molar-refractivity contribution in [1.82, 2.24) is 14.5 Å². The van der Waals surface area contributed by atoms with Crippen LogP contribution in [-0.2, 0) is 0 Å². The van der Waals surface area contributed by atoms with Crippen LogP contribution in [0.2, 0.25) is 0 Å². The number of rotatable bonds is 3. The SMILES string of the molecule is Cc1ccc(-c2ccc3ncc4ccc(=O)n(-c5ccc(N6CCCCC6)cc5)c4c3c2)cn1. The molecule has 0 spiro atoms. The van der Waals surface area contributed by atoms with E-state index in [2.05, 4.69) is 57.3 Å². The highest BCUT2D eigenvalue weighted by atomic mass is 16.1. The van der Waals surface area contributed by atoms with Crippen molar-refractivity contribution in [3.63, 3.8) is 0 Å². The Hall–Kier alpha value is -3.99. The number of pyridine rings is 3. The fraction of sp³-hybridized carbons (Fsp3) is 0.207. The van der Waals surface area contributed by atoms with Gasteiger partial charge in [0.15, 0.2) is 0 Å². The first-order valence-electron chi connectivity index (χ1n) is 11.9. The Kier molecular flexibility index (Phi) is 5.10. The minimum Gasteiger partial charge on any atom is -0.372 e. The Bertz CT molecular complexity index is 1550. The number of piperidine rings is 1. The monoisotopic (exact) mass is 446 g/mol. The van der Waals surface area contributed by atoms with E-state index in [4.69, 9.17) is 0 Å². The van der Waals surface area contributed by atoms with E-state index in [1.807, 2.05) is 42.1 Å². The van der Waals surface area contributed by atoms with E-state index in [0.29, 0.717) is 0 Å².